The molecule has 0 aliphatic heterocycles. The largest absolute Gasteiger partial charge is 3.00 e. The Morgan fingerprint density at radius 1 is 0.615 bits per heavy atom. The smallest absolute Gasteiger partial charge is 0.290 e. The third kappa shape index (κ3) is 5.69. The molecule has 0 saturated carbocycles. The predicted octanol–water partition coefficient (Wildman–Crippen LogP) is 1.36. The van der Waals surface area contributed by atoms with E-state index in [-0.39, 0.29) is 47.2 Å². The number of rotatable bonds is 0. The van der Waals surface area contributed by atoms with Crippen molar-refractivity contribution < 1.29 is 45.2 Å². The van der Waals surface area contributed by atoms with E-state index in [2.05, 4.69) is 0 Å². The molecular weight excluding hydrogens is 291 g/mol. The number of hydrogen-bond acceptors (Lipinski definition) is 2. The van der Waals surface area contributed by atoms with Crippen LogP contribution in [0.3, 0.4) is 0 Å². The summed E-state index contributed by atoms with van der Waals surface area (Å²) in [4.78, 5) is 20.1. The molecule has 0 fully saturated rings. The van der Waals surface area contributed by atoms with E-state index < -0.39 is 0 Å². The molecule has 13 heavy (non-hydrogen) atoms. The summed E-state index contributed by atoms with van der Waals surface area (Å²) in [6, 6.07) is 0. The van der Waals surface area contributed by atoms with Gasteiger partial charge in [-0.15, -0.1) is 0 Å². The molecule has 0 bridgehead atoms. The first-order valence-corrected chi connectivity index (χ1v) is 3.56. The monoisotopic (exact) mass is 299 g/mol. The normalized spacial score (nSPS) is 15.7. The zero-order valence-electron chi connectivity index (χ0n) is 7.01. The van der Waals surface area contributed by atoms with E-state index in [9.17, 15) is 9.59 Å². The summed E-state index contributed by atoms with van der Waals surface area (Å²) in [5.74, 6) is 0.185. The fourth-order valence-electron chi connectivity index (χ4n) is 0.713. The molecule has 0 unspecified atom stereocenters. The Morgan fingerprint density at radius 3 is 0.923 bits per heavy atom. The molecule has 0 radical (unpaired) electrons. The first kappa shape index (κ1) is 12.5. The Balaban J connectivity index is 0.000000206. The van der Waals surface area contributed by atoms with Gasteiger partial charge < -0.3 is 0 Å². The van der Waals surface area contributed by atoms with Gasteiger partial charge in [-0.25, -0.2) is 0 Å². The summed E-state index contributed by atoms with van der Waals surface area (Å²) in [7, 11) is 0. The molecule has 2 aliphatic carbocycles. The van der Waals surface area contributed by atoms with Crippen molar-refractivity contribution in [3.63, 3.8) is 0 Å². The third-order valence-electron chi connectivity index (χ3n) is 1.26. The van der Waals surface area contributed by atoms with Gasteiger partial charge in [0.2, 0.25) is 0 Å². The van der Waals surface area contributed by atoms with Crippen LogP contribution < -0.4 is 0 Å². The van der Waals surface area contributed by atoms with Crippen LogP contribution in [-0.2, 0) is 9.59 Å². The van der Waals surface area contributed by atoms with Crippen LogP contribution in [0.1, 0.15) is 0 Å². The van der Waals surface area contributed by atoms with Gasteiger partial charge in [-0.2, -0.15) is 0 Å². The average Bonchev–Trinajstić information content (AvgIpc) is 2.63. The summed E-state index contributed by atoms with van der Waals surface area (Å²) in [6.07, 6.45) is 13.0. The fourth-order valence-corrected chi connectivity index (χ4v) is 0.713. The van der Waals surface area contributed by atoms with Crippen LogP contribution in [0.25, 0.3) is 0 Å². The molecule has 0 heterocycles. The van der Waals surface area contributed by atoms with Crippen molar-refractivity contribution in [1.82, 2.24) is 0 Å². The zero-order valence-corrected chi connectivity index (χ0v) is 10.6. The molecule has 0 aromatic heterocycles. The van der Waals surface area contributed by atoms with Gasteiger partial charge in [-0.05, 0) is 24.3 Å². The van der Waals surface area contributed by atoms with E-state index in [4.69, 9.17) is 0 Å². The maximum Gasteiger partial charge on any atom is 3.00 e. The molecular formula is C10H8LaO2+3. The van der Waals surface area contributed by atoms with Crippen LogP contribution in [-0.4, -0.2) is 11.6 Å². The van der Waals surface area contributed by atoms with Crippen LogP contribution in [0.2, 0.25) is 0 Å². The van der Waals surface area contributed by atoms with Gasteiger partial charge >= 0.3 is 35.6 Å². The Morgan fingerprint density at radius 2 is 0.846 bits per heavy atom. The minimum atomic E-state index is 0. The van der Waals surface area contributed by atoms with Crippen molar-refractivity contribution in [3.05, 3.63) is 48.6 Å². The van der Waals surface area contributed by atoms with Gasteiger partial charge in [0.25, 0.3) is 0 Å². The standard InChI is InChI=1S/2C5H4O.La/c2*6-5-3-1-2-4-5;/h2*1-4H;/q;;+3. The summed E-state index contributed by atoms with van der Waals surface area (Å²) in [5, 5.41) is 0. The molecule has 2 nitrogen and oxygen atoms in total. The minimum absolute atomic E-state index is 0. The van der Waals surface area contributed by atoms with Crippen LogP contribution in [0.15, 0.2) is 48.6 Å². The fraction of sp³-hybridized carbons (Fsp3) is 0. The van der Waals surface area contributed by atoms with E-state index in [1.54, 1.807) is 24.3 Å². The van der Waals surface area contributed by atoms with E-state index in [0.29, 0.717) is 0 Å². The van der Waals surface area contributed by atoms with Gasteiger partial charge in [0.1, 0.15) is 0 Å². The Bertz CT molecular complexity index is 249. The molecule has 0 spiro atoms. The SMILES string of the molecule is O=C1C=CC=C1.O=C1C=CC=C1.[La+3]. The topological polar surface area (TPSA) is 34.1 Å². The molecule has 0 N–H and O–H groups in total. The van der Waals surface area contributed by atoms with Gasteiger partial charge in [0, 0.05) is 0 Å². The second-order valence-corrected chi connectivity index (χ2v) is 2.24. The van der Waals surface area contributed by atoms with Gasteiger partial charge in [0.15, 0.2) is 11.6 Å². The molecule has 3 heteroatoms. The second-order valence-electron chi connectivity index (χ2n) is 2.24. The van der Waals surface area contributed by atoms with E-state index in [1.807, 2.05) is 0 Å². The minimum Gasteiger partial charge on any atom is -0.290 e. The van der Waals surface area contributed by atoms with E-state index >= 15 is 0 Å². The molecule has 2 rings (SSSR count). The van der Waals surface area contributed by atoms with E-state index in [1.165, 1.54) is 24.3 Å². The quantitative estimate of drug-likeness (QED) is 0.677. The van der Waals surface area contributed by atoms with Crippen molar-refractivity contribution in [2.75, 3.05) is 0 Å². The Kier molecular flexibility index (Phi) is 6.68. The van der Waals surface area contributed by atoms with Crippen molar-refractivity contribution in [2.24, 2.45) is 0 Å². The molecule has 0 aromatic carbocycles. The first-order valence-electron chi connectivity index (χ1n) is 3.56. The molecule has 0 saturated heterocycles. The van der Waals surface area contributed by atoms with Crippen molar-refractivity contribution in [3.8, 4) is 0 Å². The Hall–Kier alpha value is -0.505. The van der Waals surface area contributed by atoms with Crippen LogP contribution in [0, 0.1) is 35.6 Å². The second kappa shape index (κ2) is 6.95. The maximum absolute atomic E-state index is 10.1. The number of ketones is 2. The molecule has 2 aliphatic rings. The summed E-state index contributed by atoms with van der Waals surface area (Å²) < 4.78 is 0. The summed E-state index contributed by atoms with van der Waals surface area (Å²) in [5.41, 5.74) is 0. The predicted molar refractivity (Wildman–Crippen MR) is 46.6 cm³/mol. The average molecular weight is 299 g/mol. The molecule has 0 aromatic rings. The first-order chi connectivity index (χ1) is 5.79. The number of hydrogen-bond donors (Lipinski definition) is 0. The molecule has 0 atom stereocenters. The zero-order chi connectivity index (χ0) is 8.81. The number of carbonyl (C=O) groups is 2. The Labute approximate surface area is 105 Å². The summed E-state index contributed by atoms with van der Waals surface area (Å²) >= 11 is 0. The summed E-state index contributed by atoms with van der Waals surface area (Å²) in [6.45, 7) is 0. The van der Waals surface area contributed by atoms with E-state index in [0.717, 1.165) is 0 Å². The molecule has 60 valence electrons. The van der Waals surface area contributed by atoms with Crippen molar-refractivity contribution in [1.29, 1.82) is 0 Å². The maximum atomic E-state index is 10.1. The third-order valence-corrected chi connectivity index (χ3v) is 1.26. The van der Waals surface area contributed by atoms with Crippen LogP contribution >= 0.6 is 0 Å². The van der Waals surface area contributed by atoms with Crippen LogP contribution in [0.4, 0.5) is 0 Å². The van der Waals surface area contributed by atoms with Gasteiger partial charge in [0.05, 0.1) is 0 Å². The van der Waals surface area contributed by atoms with Crippen molar-refractivity contribution in [2.45, 2.75) is 0 Å². The van der Waals surface area contributed by atoms with Crippen molar-refractivity contribution >= 4 is 11.6 Å². The number of carbonyl (C=O) groups excluding carboxylic acids is 2. The van der Waals surface area contributed by atoms with Gasteiger partial charge in [-0.3, -0.25) is 9.59 Å². The number of allylic oxidation sites excluding steroid dienone is 8. The van der Waals surface area contributed by atoms with Crippen LogP contribution in [0.5, 0.6) is 0 Å². The molecule has 0 amide bonds. The van der Waals surface area contributed by atoms with Gasteiger partial charge in [-0.1, -0.05) is 24.3 Å².